The Labute approximate surface area is 133 Å². The van der Waals surface area contributed by atoms with Crippen LogP contribution >= 0.6 is 0 Å². The van der Waals surface area contributed by atoms with Crippen LogP contribution in [0.4, 0.5) is 4.79 Å². The molecule has 1 aliphatic heterocycles. The number of imide groups is 1. The second-order valence-corrected chi connectivity index (χ2v) is 5.81. The van der Waals surface area contributed by atoms with Crippen molar-refractivity contribution in [2.75, 3.05) is 6.54 Å². The monoisotopic (exact) mass is 318 g/mol. The first-order chi connectivity index (χ1) is 10.7. The van der Waals surface area contributed by atoms with Gasteiger partial charge in [-0.05, 0) is 20.8 Å². The third-order valence-electron chi connectivity index (χ3n) is 3.47. The smallest absolute Gasteiger partial charge is 0.326 e. The van der Waals surface area contributed by atoms with Crippen LogP contribution in [0.15, 0.2) is 30.3 Å². The molecule has 1 fully saturated rings. The molecule has 3 amide bonds. The number of carbonyl (C=O) groups excluding carboxylic acids is 4. The van der Waals surface area contributed by atoms with Gasteiger partial charge >= 0.3 is 12.0 Å². The Kier molecular flexibility index (Phi) is 4.49. The molecule has 0 bridgehead atoms. The second-order valence-electron chi connectivity index (χ2n) is 5.81. The fourth-order valence-electron chi connectivity index (χ4n) is 2.22. The van der Waals surface area contributed by atoms with Gasteiger partial charge < -0.3 is 10.1 Å². The number of hydrogen-bond donors (Lipinski definition) is 1. The Balaban J connectivity index is 1.96. The van der Waals surface area contributed by atoms with Crippen LogP contribution in [0, 0.1) is 0 Å². The number of ketones is 1. The van der Waals surface area contributed by atoms with E-state index in [0.29, 0.717) is 5.56 Å². The number of esters is 1. The minimum Gasteiger partial charge on any atom is -0.453 e. The summed E-state index contributed by atoms with van der Waals surface area (Å²) in [6, 6.07) is 7.76. The molecule has 0 saturated carbocycles. The van der Waals surface area contributed by atoms with E-state index < -0.39 is 36.1 Å². The maximum Gasteiger partial charge on any atom is 0.326 e. The Morgan fingerprint density at radius 3 is 2.35 bits per heavy atom. The third-order valence-corrected chi connectivity index (χ3v) is 3.47. The van der Waals surface area contributed by atoms with Gasteiger partial charge in [-0.25, -0.2) is 4.79 Å². The van der Waals surface area contributed by atoms with E-state index in [0.717, 1.165) is 4.90 Å². The molecule has 2 rings (SSSR count). The standard InChI is InChI=1S/C16H18N2O5/c1-10(13(20)11-7-5-4-6-8-11)23-12(19)9-18-14(21)16(2,3)17-15(18)22/h4-8,10H,9H2,1-3H3,(H,17,22)/t10-/m1/s1. The second kappa shape index (κ2) is 6.20. The summed E-state index contributed by atoms with van der Waals surface area (Å²) in [4.78, 5) is 48.5. The van der Waals surface area contributed by atoms with Crippen LogP contribution in [-0.4, -0.2) is 46.8 Å². The van der Waals surface area contributed by atoms with Crippen molar-refractivity contribution in [3.05, 3.63) is 35.9 Å². The SMILES string of the molecule is C[C@@H](OC(=O)CN1C(=O)NC(C)(C)C1=O)C(=O)c1ccccc1. The minimum absolute atomic E-state index is 0.350. The lowest BCUT2D eigenvalue weighted by molar-refractivity contribution is -0.149. The molecule has 7 nitrogen and oxygen atoms in total. The quantitative estimate of drug-likeness (QED) is 0.499. The molecule has 1 aromatic carbocycles. The Bertz CT molecular complexity index is 654. The molecule has 1 heterocycles. The first kappa shape index (κ1) is 16.7. The highest BCUT2D eigenvalue weighted by Crippen LogP contribution is 2.16. The molecule has 23 heavy (non-hydrogen) atoms. The summed E-state index contributed by atoms with van der Waals surface area (Å²) in [5, 5.41) is 2.46. The molecule has 122 valence electrons. The zero-order chi connectivity index (χ0) is 17.2. The van der Waals surface area contributed by atoms with Crippen molar-refractivity contribution < 1.29 is 23.9 Å². The lowest BCUT2D eigenvalue weighted by atomic mass is 10.1. The normalized spacial score (nSPS) is 17.6. The highest BCUT2D eigenvalue weighted by atomic mass is 16.5. The topological polar surface area (TPSA) is 92.8 Å². The van der Waals surface area contributed by atoms with E-state index in [2.05, 4.69) is 5.32 Å². The maximum absolute atomic E-state index is 12.1. The molecular weight excluding hydrogens is 300 g/mol. The highest BCUT2D eigenvalue weighted by molar-refractivity contribution is 6.08. The van der Waals surface area contributed by atoms with Crippen molar-refractivity contribution >= 4 is 23.7 Å². The van der Waals surface area contributed by atoms with Gasteiger partial charge in [-0.1, -0.05) is 30.3 Å². The van der Waals surface area contributed by atoms with E-state index in [9.17, 15) is 19.2 Å². The van der Waals surface area contributed by atoms with Crippen molar-refractivity contribution in [3.8, 4) is 0 Å². The number of ether oxygens (including phenoxy) is 1. The van der Waals surface area contributed by atoms with Gasteiger partial charge in [0.2, 0.25) is 5.78 Å². The van der Waals surface area contributed by atoms with Crippen LogP contribution in [0.3, 0.4) is 0 Å². The van der Waals surface area contributed by atoms with E-state index >= 15 is 0 Å². The number of benzene rings is 1. The summed E-state index contributed by atoms with van der Waals surface area (Å²) in [5.74, 6) is -1.68. The molecule has 0 spiro atoms. The number of nitrogens with one attached hydrogen (secondary N) is 1. The number of Topliss-reactive ketones (excluding diaryl/α,β-unsaturated/α-hetero) is 1. The summed E-state index contributed by atoms with van der Waals surface area (Å²) in [7, 11) is 0. The van der Waals surface area contributed by atoms with Crippen molar-refractivity contribution in [1.82, 2.24) is 10.2 Å². The van der Waals surface area contributed by atoms with Crippen molar-refractivity contribution in [3.63, 3.8) is 0 Å². The first-order valence-corrected chi connectivity index (χ1v) is 7.15. The fourth-order valence-corrected chi connectivity index (χ4v) is 2.22. The van der Waals surface area contributed by atoms with E-state index in [4.69, 9.17) is 4.74 Å². The lowest BCUT2D eigenvalue weighted by Crippen LogP contribution is -2.41. The van der Waals surface area contributed by atoms with Crippen LogP contribution < -0.4 is 5.32 Å². The van der Waals surface area contributed by atoms with Gasteiger partial charge in [0.15, 0.2) is 6.10 Å². The summed E-state index contributed by atoms with van der Waals surface area (Å²) < 4.78 is 5.03. The van der Waals surface area contributed by atoms with Gasteiger partial charge in [0.1, 0.15) is 12.1 Å². The summed E-state index contributed by atoms with van der Waals surface area (Å²) in [6.45, 7) is 4.00. The molecule has 1 aromatic rings. The maximum atomic E-state index is 12.1. The first-order valence-electron chi connectivity index (χ1n) is 7.15. The largest absolute Gasteiger partial charge is 0.453 e. The summed E-state index contributed by atoms with van der Waals surface area (Å²) in [5.41, 5.74) is -0.632. The molecular formula is C16H18N2O5. The van der Waals surface area contributed by atoms with Gasteiger partial charge in [-0.3, -0.25) is 19.3 Å². The molecule has 7 heteroatoms. The minimum atomic E-state index is -1.05. The van der Waals surface area contributed by atoms with Crippen molar-refractivity contribution in [2.24, 2.45) is 0 Å². The average Bonchev–Trinajstić information content (AvgIpc) is 2.69. The molecule has 1 aliphatic rings. The van der Waals surface area contributed by atoms with Gasteiger partial charge in [-0.2, -0.15) is 0 Å². The predicted octanol–water partition coefficient (Wildman–Crippen LogP) is 1.13. The number of amides is 3. The Morgan fingerprint density at radius 1 is 1.22 bits per heavy atom. The van der Waals surface area contributed by atoms with Crippen LogP contribution in [0.2, 0.25) is 0 Å². The lowest BCUT2D eigenvalue weighted by Gasteiger charge is -2.17. The van der Waals surface area contributed by atoms with Crippen molar-refractivity contribution in [2.45, 2.75) is 32.4 Å². The summed E-state index contributed by atoms with van der Waals surface area (Å²) in [6.07, 6.45) is -1.00. The zero-order valence-electron chi connectivity index (χ0n) is 13.2. The van der Waals surface area contributed by atoms with E-state index in [1.165, 1.54) is 6.92 Å². The van der Waals surface area contributed by atoms with Crippen molar-refractivity contribution in [1.29, 1.82) is 0 Å². The summed E-state index contributed by atoms with van der Waals surface area (Å²) >= 11 is 0. The Hall–Kier alpha value is -2.70. The number of hydrogen-bond acceptors (Lipinski definition) is 5. The van der Waals surface area contributed by atoms with E-state index in [1.54, 1.807) is 44.2 Å². The van der Waals surface area contributed by atoms with Crippen LogP contribution in [0.5, 0.6) is 0 Å². The molecule has 0 aromatic heterocycles. The van der Waals surface area contributed by atoms with E-state index in [-0.39, 0.29) is 5.78 Å². The van der Waals surface area contributed by atoms with Crippen LogP contribution in [0.1, 0.15) is 31.1 Å². The van der Waals surface area contributed by atoms with Gasteiger partial charge in [-0.15, -0.1) is 0 Å². The zero-order valence-corrected chi connectivity index (χ0v) is 13.2. The highest BCUT2D eigenvalue weighted by Gasteiger charge is 2.45. The van der Waals surface area contributed by atoms with Crippen LogP contribution in [-0.2, 0) is 14.3 Å². The molecule has 1 saturated heterocycles. The predicted molar refractivity (Wildman–Crippen MR) is 80.7 cm³/mol. The molecule has 0 radical (unpaired) electrons. The molecule has 1 atom stereocenters. The average molecular weight is 318 g/mol. The number of urea groups is 1. The van der Waals surface area contributed by atoms with E-state index in [1.807, 2.05) is 0 Å². The van der Waals surface area contributed by atoms with Gasteiger partial charge in [0.05, 0.1) is 0 Å². The van der Waals surface area contributed by atoms with Crippen LogP contribution in [0.25, 0.3) is 0 Å². The Morgan fingerprint density at radius 2 is 1.83 bits per heavy atom. The third kappa shape index (κ3) is 3.56. The number of carbonyl (C=O) groups is 4. The molecule has 0 aliphatic carbocycles. The number of nitrogens with zero attached hydrogens (tertiary/aromatic N) is 1. The molecule has 0 unspecified atom stereocenters. The molecule has 1 N–H and O–H groups in total. The van der Waals surface area contributed by atoms with Gasteiger partial charge in [0.25, 0.3) is 5.91 Å². The number of rotatable bonds is 5. The van der Waals surface area contributed by atoms with Gasteiger partial charge in [0, 0.05) is 5.56 Å². The fraction of sp³-hybridized carbons (Fsp3) is 0.375.